The molecule has 2 N–H and O–H groups in total. The summed E-state index contributed by atoms with van der Waals surface area (Å²) < 4.78 is 5.83. The minimum atomic E-state index is 0.212. The maximum absolute atomic E-state index is 9.05. The summed E-state index contributed by atoms with van der Waals surface area (Å²) in [6.07, 6.45) is 6.44. The van der Waals surface area contributed by atoms with Gasteiger partial charge in [0.05, 0.1) is 6.20 Å². The lowest BCUT2D eigenvalue weighted by Crippen LogP contribution is -2.46. The first kappa shape index (κ1) is 15.0. The van der Waals surface area contributed by atoms with Crippen LogP contribution in [-0.4, -0.2) is 35.9 Å². The Balaban J connectivity index is 1.76. The Kier molecular flexibility index (Phi) is 5.03. The first-order valence-electron chi connectivity index (χ1n) is 7.87. The van der Waals surface area contributed by atoms with Gasteiger partial charge in [0.1, 0.15) is 12.4 Å². The monoisotopic (exact) mass is 298 g/mol. The Morgan fingerprint density at radius 2 is 2.14 bits per heavy atom. The van der Waals surface area contributed by atoms with Crippen molar-refractivity contribution in [1.82, 2.24) is 10.3 Å². The molecule has 0 saturated carbocycles. The molecule has 0 radical (unpaired) electrons. The van der Waals surface area contributed by atoms with Crippen LogP contribution in [0.1, 0.15) is 18.4 Å². The van der Waals surface area contributed by atoms with Gasteiger partial charge in [-0.05, 0) is 43.0 Å². The molecule has 1 aromatic carbocycles. The van der Waals surface area contributed by atoms with Crippen LogP contribution in [0.25, 0.3) is 11.1 Å². The molecule has 0 amide bonds. The molecule has 4 nitrogen and oxygen atoms in total. The largest absolute Gasteiger partial charge is 0.490 e. The highest BCUT2D eigenvalue weighted by atomic mass is 16.5. The summed E-state index contributed by atoms with van der Waals surface area (Å²) in [5, 5.41) is 12.4. The average Bonchev–Trinajstić information content (AvgIpc) is 2.52. The fraction of sp³-hybridized carbons (Fsp3) is 0.389. The van der Waals surface area contributed by atoms with Crippen LogP contribution in [0, 0.1) is 0 Å². The lowest BCUT2D eigenvalue weighted by atomic mass is 9.98. The van der Waals surface area contributed by atoms with Crippen molar-refractivity contribution in [1.29, 1.82) is 0 Å². The summed E-state index contributed by atoms with van der Waals surface area (Å²) in [6.45, 7) is 1.99. The number of aromatic nitrogens is 1. The van der Waals surface area contributed by atoms with Gasteiger partial charge in [-0.2, -0.15) is 0 Å². The zero-order chi connectivity index (χ0) is 15.2. The molecule has 3 rings (SSSR count). The Bertz CT molecular complexity index is 612. The Morgan fingerprint density at radius 1 is 1.27 bits per heavy atom. The molecule has 2 aromatic rings. The summed E-state index contributed by atoms with van der Waals surface area (Å²) in [5.74, 6) is 0.808. The van der Waals surface area contributed by atoms with Crippen LogP contribution in [-0.2, 0) is 6.42 Å². The van der Waals surface area contributed by atoms with Crippen molar-refractivity contribution in [3.05, 3.63) is 48.3 Å². The SMILES string of the molecule is OCCCc1ccccc1-c1cncc(OCC2CCN2)c1. The Labute approximate surface area is 131 Å². The van der Waals surface area contributed by atoms with Crippen molar-refractivity contribution < 1.29 is 9.84 Å². The summed E-state index contributed by atoms with van der Waals surface area (Å²) in [5.41, 5.74) is 3.46. The molecular weight excluding hydrogens is 276 g/mol. The zero-order valence-electron chi connectivity index (χ0n) is 12.7. The summed E-state index contributed by atoms with van der Waals surface area (Å²) >= 11 is 0. The van der Waals surface area contributed by atoms with Gasteiger partial charge in [-0.15, -0.1) is 0 Å². The number of benzene rings is 1. The second-order valence-corrected chi connectivity index (χ2v) is 5.64. The van der Waals surface area contributed by atoms with Gasteiger partial charge in [0, 0.05) is 24.4 Å². The average molecular weight is 298 g/mol. The van der Waals surface area contributed by atoms with Crippen molar-refractivity contribution >= 4 is 0 Å². The topological polar surface area (TPSA) is 54.4 Å². The van der Waals surface area contributed by atoms with Gasteiger partial charge in [0.25, 0.3) is 0 Å². The number of aliphatic hydroxyl groups is 1. The third-order valence-electron chi connectivity index (χ3n) is 4.02. The molecule has 0 aliphatic carbocycles. The standard InChI is InChI=1S/C18H22N2O2/c21-9-3-5-14-4-1-2-6-18(14)15-10-17(12-19-11-15)22-13-16-7-8-20-16/h1-2,4,6,10-12,16,20-21H,3,5,7-9,13H2. The summed E-state index contributed by atoms with van der Waals surface area (Å²) in [7, 11) is 0. The lowest BCUT2D eigenvalue weighted by Gasteiger charge is -2.27. The number of nitrogens with one attached hydrogen (secondary N) is 1. The molecule has 0 spiro atoms. The second kappa shape index (κ2) is 7.38. The van der Waals surface area contributed by atoms with Crippen molar-refractivity contribution in [2.45, 2.75) is 25.3 Å². The highest BCUT2D eigenvalue weighted by Gasteiger charge is 2.16. The molecule has 0 bridgehead atoms. The number of pyridine rings is 1. The first-order chi connectivity index (χ1) is 10.9. The summed E-state index contributed by atoms with van der Waals surface area (Å²) in [4.78, 5) is 4.31. The van der Waals surface area contributed by atoms with Crippen molar-refractivity contribution in [3.8, 4) is 16.9 Å². The molecule has 1 aromatic heterocycles. The molecule has 22 heavy (non-hydrogen) atoms. The third kappa shape index (κ3) is 3.64. The number of rotatable bonds is 7. The van der Waals surface area contributed by atoms with E-state index in [9.17, 15) is 0 Å². The minimum Gasteiger partial charge on any atom is -0.490 e. The Morgan fingerprint density at radius 3 is 2.91 bits per heavy atom. The third-order valence-corrected chi connectivity index (χ3v) is 4.02. The van der Waals surface area contributed by atoms with E-state index in [1.165, 1.54) is 12.0 Å². The molecular formula is C18H22N2O2. The molecule has 1 unspecified atom stereocenters. The van der Waals surface area contributed by atoms with Crippen LogP contribution in [0.3, 0.4) is 0 Å². The van der Waals surface area contributed by atoms with Gasteiger partial charge in [0.2, 0.25) is 0 Å². The van der Waals surface area contributed by atoms with Crippen LogP contribution in [0.5, 0.6) is 5.75 Å². The van der Waals surface area contributed by atoms with E-state index in [1.807, 2.05) is 24.4 Å². The van der Waals surface area contributed by atoms with E-state index in [0.717, 1.165) is 36.3 Å². The predicted octanol–water partition coefficient (Wildman–Crippen LogP) is 2.41. The number of ether oxygens (including phenoxy) is 1. The molecule has 4 heteroatoms. The van der Waals surface area contributed by atoms with Crippen molar-refractivity contribution in [3.63, 3.8) is 0 Å². The van der Waals surface area contributed by atoms with Gasteiger partial charge < -0.3 is 15.2 Å². The quantitative estimate of drug-likeness (QED) is 0.824. The van der Waals surface area contributed by atoms with E-state index in [2.05, 4.69) is 22.4 Å². The van der Waals surface area contributed by atoms with Crippen molar-refractivity contribution in [2.75, 3.05) is 19.8 Å². The maximum atomic E-state index is 9.05. The van der Waals surface area contributed by atoms with E-state index in [0.29, 0.717) is 12.6 Å². The molecule has 1 fully saturated rings. The van der Waals surface area contributed by atoms with Crippen LogP contribution < -0.4 is 10.1 Å². The zero-order valence-corrected chi connectivity index (χ0v) is 12.7. The smallest absolute Gasteiger partial charge is 0.138 e. The van der Waals surface area contributed by atoms with Crippen LogP contribution >= 0.6 is 0 Å². The molecule has 1 aliphatic rings. The minimum absolute atomic E-state index is 0.212. The highest BCUT2D eigenvalue weighted by Crippen LogP contribution is 2.27. The van der Waals surface area contributed by atoms with Crippen LogP contribution in [0.15, 0.2) is 42.7 Å². The number of aryl methyl sites for hydroxylation is 1. The second-order valence-electron chi connectivity index (χ2n) is 5.64. The predicted molar refractivity (Wildman–Crippen MR) is 87.0 cm³/mol. The van der Waals surface area contributed by atoms with E-state index >= 15 is 0 Å². The van der Waals surface area contributed by atoms with Gasteiger partial charge in [0.15, 0.2) is 0 Å². The van der Waals surface area contributed by atoms with Crippen molar-refractivity contribution in [2.24, 2.45) is 0 Å². The van der Waals surface area contributed by atoms with E-state index in [4.69, 9.17) is 9.84 Å². The lowest BCUT2D eigenvalue weighted by molar-refractivity contribution is 0.217. The van der Waals surface area contributed by atoms with Gasteiger partial charge >= 0.3 is 0 Å². The molecule has 1 aliphatic heterocycles. The fourth-order valence-corrected chi connectivity index (χ4v) is 2.62. The van der Waals surface area contributed by atoms with Gasteiger partial charge in [-0.1, -0.05) is 24.3 Å². The molecule has 1 atom stereocenters. The summed E-state index contributed by atoms with van der Waals surface area (Å²) in [6, 6.07) is 10.8. The number of hydrogen-bond donors (Lipinski definition) is 2. The highest BCUT2D eigenvalue weighted by molar-refractivity contribution is 5.67. The number of nitrogens with zero attached hydrogens (tertiary/aromatic N) is 1. The van der Waals surface area contributed by atoms with Gasteiger partial charge in [-0.3, -0.25) is 4.98 Å². The first-order valence-corrected chi connectivity index (χ1v) is 7.87. The Hall–Kier alpha value is -1.91. The molecule has 1 saturated heterocycles. The molecule has 2 heterocycles. The normalized spacial score (nSPS) is 17.0. The molecule has 116 valence electrons. The van der Waals surface area contributed by atoms with E-state index in [1.54, 1.807) is 6.20 Å². The van der Waals surface area contributed by atoms with E-state index < -0.39 is 0 Å². The van der Waals surface area contributed by atoms with Crippen LogP contribution in [0.2, 0.25) is 0 Å². The number of hydrogen-bond acceptors (Lipinski definition) is 4. The maximum Gasteiger partial charge on any atom is 0.138 e. The number of aliphatic hydroxyl groups excluding tert-OH is 1. The fourth-order valence-electron chi connectivity index (χ4n) is 2.62. The van der Waals surface area contributed by atoms with E-state index in [-0.39, 0.29) is 6.61 Å². The van der Waals surface area contributed by atoms with Gasteiger partial charge in [-0.25, -0.2) is 0 Å². The van der Waals surface area contributed by atoms with Crippen LogP contribution in [0.4, 0.5) is 0 Å².